The van der Waals surface area contributed by atoms with Gasteiger partial charge in [0.25, 0.3) is 0 Å². The van der Waals surface area contributed by atoms with Gasteiger partial charge in [-0.1, -0.05) is 37.3 Å². The lowest BCUT2D eigenvalue weighted by Gasteiger charge is -2.32. The van der Waals surface area contributed by atoms with Gasteiger partial charge in [-0.15, -0.1) is 0 Å². The van der Waals surface area contributed by atoms with Gasteiger partial charge in [-0.25, -0.2) is 4.79 Å². The van der Waals surface area contributed by atoms with Crippen LogP contribution in [-0.2, 0) is 14.3 Å². The van der Waals surface area contributed by atoms with Gasteiger partial charge in [0.1, 0.15) is 0 Å². The summed E-state index contributed by atoms with van der Waals surface area (Å²) in [5, 5.41) is 5.98. The summed E-state index contributed by atoms with van der Waals surface area (Å²) in [6.45, 7) is 5.65. The Hall–Kier alpha value is -1.88. The van der Waals surface area contributed by atoms with Crippen molar-refractivity contribution in [3.05, 3.63) is 35.9 Å². The van der Waals surface area contributed by atoms with Gasteiger partial charge in [0.15, 0.2) is 6.04 Å². The predicted octanol–water partition coefficient (Wildman–Crippen LogP) is 1.26. The van der Waals surface area contributed by atoms with Gasteiger partial charge in [0.2, 0.25) is 5.91 Å². The summed E-state index contributed by atoms with van der Waals surface area (Å²) in [6.07, 6.45) is 0. The summed E-state index contributed by atoms with van der Waals surface area (Å²) in [6, 6.07) is 8.44. The number of esters is 1. The second-order valence-electron chi connectivity index (χ2n) is 5.31. The molecule has 0 saturated carbocycles. The number of amides is 1. The van der Waals surface area contributed by atoms with Crippen LogP contribution in [0.1, 0.15) is 25.5 Å². The van der Waals surface area contributed by atoms with E-state index in [0.717, 1.165) is 18.7 Å². The summed E-state index contributed by atoms with van der Waals surface area (Å²) >= 11 is 0. The lowest BCUT2D eigenvalue weighted by Crippen LogP contribution is -2.50. The maximum absolute atomic E-state index is 12.3. The fourth-order valence-electron chi connectivity index (χ4n) is 2.30. The van der Waals surface area contributed by atoms with Crippen LogP contribution in [0, 0.1) is 11.8 Å². The number of hydrogen-bond acceptors (Lipinski definition) is 4. The van der Waals surface area contributed by atoms with Crippen LogP contribution >= 0.6 is 0 Å². The normalized spacial score (nSPS) is 17.4. The van der Waals surface area contributed by atoms with E-state index in [-0.39, 0.29) is 11.8 Å². The molecule has 1 aromatic carbocycles. The Bertz CT molecular complexity index is 486. The third kappa shape index (κ3) is 3.82. The molecule has 21 heavy (non-hydrogen) atoms. The van der Waals surface area contributed by atoms with E-state index in [0.29, 0.717) is 12.5 Å². The number of hydrogen-bond donors (Lipinski definition) is 2. The van der Waals surface area contributed by atoms with E-state index in [1.807, 2.05) is 37.3 Å². The lowest BCUT2D eigenvalue weighted by atomic mass is 9.88. The Morgan fingerprint density at radius 3 is 2.52 bits per heavy atom. The molecule has 1 fully saturated rings. The monoisotopic (exact) mass is 290 g/mol. The zero-order valence-corrected chi connectivity index (χ0v) is 12.5. The van der Waals surface area contributed by atoms with Gasteiger partial charge >= 0.3 is 5.97 Å². The molecule has 1 aromatic rings. The highest BCUT2D eigenvalue weighted by atomic mass is 16.5. The maximum atomic E-state index is 12.3. The molecule has 1 unspecified atom stereocenters. The van der Waals surface area contributed by atoms with Gasteiger partial charge in [-0.05, 0) is 31.5 Å². The highest BCUT2D eigenvalue weighted by molar-refractivity contribution is 5.86. The third-order valence-corrected chi connectivity index (χ3v) is 3.88. The molecule has 5 heteroatoms. The van der Waals surface area contributed by atoms with Crippen LogP contribution in [-0.4, -0.2) is 31.6 Å². The molecular formula is C16H22N2O3. The average molecular weight is 290 g/mol. The smallest absolute Gasteiger partial charge is 0.333 e. The zero-order valence-electron chi connectivity index (χ0n) is 12.5. The molecule has 2 N–H and O–H groups in total. The molecule has 2 rings (SSSR count). The minimum absolute atomic E-state index is 0.108. The average Bonchev–Trinajstić information content (AvgIpc) is 2.43. The first-order valence-corrected chi connectivity index (χ1v) is 7.36. The molecule has 0 aliphatic carbocycles. The SMILES string of the molecule is CCOC(=O)[C@H](NC(=O)C(C)C1CNC1)c1ccccc1. The fraction of sp³-hybridized carbons (Fsp3) is 0.500. The second kappa shape index (κ2) is 7.22. The Morgan fingerprint density at radius 1 is 1.33 bits per heavy atom. The van der Waals surface area contributed by atoms with Crippen molar-refractivity contribution in [3.63, 3.8) is 0 Å². The molecule has 1 heterocycles. The summed E-state index contributed by atoms with van der Waals surface area (Å²) in [5.74, 6) is -0.310. The first kappa shape index (κ1) is 15.5. The molecule has 0 bridgehead atoms. The highest BCUT2D eigenvalue weighted by Crippen LogP contribution is 2.19. The van der Waals surface area contributed by atoms with Crippen LogP contribution in [0.4, 0.5) is 0 Å². The van der Waals surface area contributed by atoms with E-state index in [1.165, 1.54) is 0 Å². The quantitative estimate of drug-likeness (QED) is 0.774. The summed E-state index contributed by atoms with van der Waals surface area (Å²) in [4.78, 5) is 24.4. The van der Waals surface area contributed by atoms with Gasteiger partial charge in [-0.2, -0.15) is 0 Å². The molecule has 0 radical (unpaired) electrons. The van der Waals surface area contributed by atoms with Crippen molar-refractivity contribution in [3.8, 4) is 0 Å². The van der Waals surface area contributed by atoms with Crippen molar-refractivity contribution < 1.29 is 14.3 Å². The standard InChI is InChI=1S/C16H22N2O3/c1-3-21-16(20)14(12-7-5-4-6-8-12)18-15(19)11(2)13-9-17-10-13/h4-8,11,13-14,17H,3,9-10H2,1-2H3,(H,18,19)/t11?,14-/m1/s1. The van der Waals surface area contributed by atoms with Gasteiger partial charge in [0, 0.05) is 5.92 Å². The maximum Gasteiger partial charge on any atom is 0.333 e. The molecule has 1 saturated heterocycles. The Labute approximate surface area is 125 Å². The van der Waals surface area contributed by atoms with E-state index in [4.69, 9.17) is 4.74 Å². The van der Waals surface area contributed by atoms with E-state index in [9.17, 15) is 9.59 Å². The zero-order chi connectivity index (χ0) is 15.2. The number of carbonyl (C=O) groups is 2. The third-order valence-electron chi connectivity index (χ3n) is 3.88. The molecule has 0 aromatic heterocycles. The number of ether oxygens (including phenoxy) is 1. The molecular weight excluding hydrogens is 268 g/mol. The number of carbonyl (C=O) groups excluding carboxylic acids is 2. The first-order valence-electron chi connectivity index (χ1n) is 7.36. The minimum Gasteiger partial charge on any atom is -0.464 e. The van der Waals surface area contributed by atoms with Crippen LogP contribution in [0.2, 0.25) is 0 Å². The van der Waals surface area contributed by atoms with Crippen LogP contribution in [0.5, 0.6) is 0 Å². The second-order valence-corrected chi connectivity index (χ2v) is 5.31. The van der Waals surface area contributed by atoms with Crippen LogP contribution in [0.25, 0.3) is 0 Å². The fourth-order valence-corrected chi connectivity index (χ4v) is 2.30. The summed E-state index contributed by atoms with van der Waals surface area (Å²) < 4.78 is 5.07. The van der Waals surface area contributed by atoms with Crippen LogP contribution in [0.15, 0.2) is 30.3 Å². The Kier molecular flexibility index (Phi) is 5.33. The molecule has 114 valence electrons. The first-order chi connectivity index (χ1) is 10.1. The predicted molar refractivity (Wildman–Crippen MR) is 79.5 cm³/mol. The van der Waals surface area contributed by atoms with Crippen molar-refractivity contribution in [2.75, 3.05) is 19.7 Å². The number of nitrogens with one attached hydrogen (secondary N) is 2. The largest absolute Gasteiger partial charge is 0.464 e. The van der Waals surface area contributed by atoms with E-state index >= 15 is 0 Å². The Balaban J connectivity index is 2.08. The van der Waals surface area contributed by atoms with Crippen molar-refractivity contribution in [2.45, 2.75) is 19.9 Å². The van der Waals surface area contributed by atoms with E-state index in [2.05, 4.69) is 10.6 Å². The van der Waals surface area contributed by atoms with E-state index < -0.39 is 12.0 Å². The topological polar surface area (TPSA) is 67.4 Å². The number of rotatable bonds is 6. The molecule has 2 atom stereocenters. The molecule has 1 aliphatic heterocycles. The van der Waals surface area contributed by atoms with Gasteiger partial charge in [-0.3, -0.25) is 4.79 Å². The van der Waals surface area contributed by atoms with Crippen molar-refractivity contribution in [1.29, 1.82) is 0 Å². The molecule has 0 spiro atoms. The van der Waals surface area contributed by atoms with Crippen LogP contribution < -0.4 is 10.6 Å². The van der Waals surface area contributed by atoms with Crippen molar-refractivity contribution >= 4 is 11.9 Å². The van der Waals surface area contributed by atoms with E-state index in [1.54, 1.807) is 6.92 Å². The molecule has 1 aliphatic rings. The lowest BCUT2D eigenvalue weighted by molar-refractivity contribution is -0.148. The Morgan fingerprint density at radius 2 is 2.00 bits per heavy atom. The summed E-state index contributed by atoms with van der Waals surface area (Å²) in [7, 11) is 0. The minimum atomic E-state index is -0.742. The number of benzene rings is 1. The summed E-state index contributed by atoms with van der Waals surface area (Å²) in [5.41, 5.74) is 0.739. The molecule has 1 amide bonds. The van der Waals surface area contributed by atoms with Gasteiger partial charge in [0.05, 0.1) is 6.61 Å². The van der Waals surface area contributed by atoms with Crippen LogP contribution in [0.3, 0.4) is 0 Å². The van der Waals surface area contributed by atoms with Crippen molar-refractivity contribution in [1.82, 2.24) is 10.6 Å². The molecule has 5 nitrogen and oxygen atoms in total. The highest BCUT2D eigenvalue weighted by Gasteiger charge is 2.32. The van der Waals surface area contributed by atoms with Gasteiger partial charge < -0.3 is 15.4 Å². The van der Waals surface area contributed by atoms with Crippen molar-refractivity contribution in [2.24, 2.45) is 11.8 Å².